The molecule has 33 heavy (non-hydrogen) atoms. The first-order chi connectivity index (χ1) is 15.7. The van der Waals surface area contributed by atoms with Gasteiger partial charge in [-0.1, -0.05) is 0 Å². The maximum absolute atomic E-state index is 12.8. The molecule has 10 heteroatoms. The number of halogens is 3. The number of β-amino-alcohol motifs (C(OH)–C–C–N with tert-alkyl or cyclic N) is 1. The number of nitrogens with one attached hydrogen (secondary N) is 2. The number of aliphatic hydroxyl groups excluding tert-OH is 1. The highest BCUT2D eigenvalue weighted by molar-refractivity contribution is 6.05. The lowest BCUT2D eigenvalue weighted by Gasteiger charge is -2.22. The fourth-order valence-corrected chi connectivity index (χ4v) is 3.69. The van der Waals surface area contributed by atoms with Gasteiger partial charge in [0.15, 0.2) is 0 Å². The van der Waals surface area contributed by atoms with E-state index in [1.54, 1.807) is 30.3 Å². The van der Waals surface area contributed by atoms with E-state index < -0.39 is 18.4 Å². The number of aromatic nitrogens is 1. The lowest BCUT2D eigenvalue weighted by atomic mass is 10.0. The predicted octanol–water partition coefficient (Wildman–Crippen LogP) is 4.28. The van der Waals surface area contributed by atoms with E-state index in [4.69, 9.17) is 5.26 Å². The molecule has 1 aliphatic rings. The Morgan fingerprint density at radius 3 is 2.55 bits per heavy atom. The average Bonchev–Trinajstić information content (AvgIpc) is 3.42. The van der Waals surface area contributed by atoms with E-state index in [0.29, 0.717) is 47.7 Å². The Labute approximate surface area is 187 Å². The summed E-state index contributed by atoms with van der Waals surface area (Å²) in [7, 11) is 0. The molecule has 0 radical (unpaired) electrons. The summed E-state index contributed by atoms with van der Waals surface area (Å²) in [5.41, 5.74) is 3.13. The van der Waals surface area contributed by atoms with Gasteiger partial charge in [-0.2, -0.15) is 5.26 Å². The van der Waals surface area contributed by atoms with Crippen molar-refractivity contribution in [3.63, 3.8) is 0 Å². The minimum Gasteiger partial charge on any atom is -0.406 e. The SMILES string of the molecule is N#Cc1ccc(-c2cc(C(=O)Nc3ccc(OC(F)(F)F)cc3)ccc2N2CC[C@@H](O)C2)[nH]1. The number of carbonyl (C=O) groups is 1. The van der Waals surface area contributed by atoms with Crippen LogP contribution in [0.25, 0.3) is 11.3 Å². The first-order valence-corrected chi connectivity index (χ1v) is 10.1. The second-order valence-corrected chi connectivity index (χ2v) is 7.54. The fourth-order valence-electron chi connectivity index (χ4n) is 3.69. The van der Waals surface area contributed by atoms with Crippen molar-refractivity contribution in [2.75, 3.05) is 23.3 Å². The minimum absolute atomic E-state index is 0.300. The van der Waals surface area contributed by atoms with Gasteiger partial charge in [-0.25, -0.2) is 0 Å². The third kappa shape index (κ3) is 5.27. The molecule has 0 saturated carbocycles. The number of H-pyrrole nitrogens is 1. The fraction of sp³-hybridized carbons (Fsp3) is 0.217. The van der Waals surface area contributed by atoms with Crippen molar-refractivity contribution >= 4 is 17.3 Å². The molecule has 170 valence electrons. The number of nitrogens with zero attached hydrogens (tertiary/aromatic N) is 2. The van der Waals surface area contributed by atoms with E-state index >= 15 is 0 Å². The Bertz CT molecular complexity index is 1200. The highest BCUT2D eigenvalue weighted by Gasteiger charge is 2.31. The number of nitriles is 1. The van der Waals surface area contributed by atoms with Crippen molar-refractivity contribution in [2.45, 2.75) is 18.9 Å². The van der Waals surface area contributed by atoms with Crippen LogP contribution in [-0.4, -0.2) is 41.6 Å². The number of aromatic amines is 1. The molecule has 0 unspecified atom stereocenters. The van der Waals surface area contributed by atoms with Crippen LogP contribution in [0, 0.1) is 11.3 Å². The van der Waals surface area contributed by atoms with Gasteiger partial charge < -0.3 is 25.0 Å². The molecule has 1 aromatic heterocycles. The van der Waals surface area contributed by atoms with Crippen molar-refractivity contribution < 1.29 is 27.8 Å². The van der Waals surface area contributed by atoms with Crippen LogP contribution in [-0.2, 0) is 0 Å². The molecular formula is C23H19F3N4O3. The van der Waals surface area contributed by atoms with Crippen molar-refractivity contribution in [1.82, 2.24) is 4.98 Å². The molecular weight excluding hydrogens is 437 g/mol. The Morgan fingerprint density at radius 1 is 1.18 bits per heavy atom. The number of amides is 1. The Balaban J connectivity index is 1.59. The number of rotatable bonds is 5. The number of alkyl halides is 3. The van der Waals surface area contributed by atoms with Crippen LogP contribution in [0.2, 0.25) is 0 Å². The van der Waals surface area contributed by atoms with Crippen LogP contribution in [0.1, 0.15) is 22.5 Å². The van der Waals surface area contributed by atoms with Crippen LogP contribution < -0.4 is 15.0 Å². The van der Waals surface area contributed by atoms with Gasteiger partial charge in [0.2, 0.25) is 0 Å². The summed E-state index contributed by atoms with van der Waals surface area (Å²) in [6.45, 7) is 1.11. The smallest absolute Gasteiger partial charge is 0.406 e. The standard InChI is InChI=1S/C23H19F3N4O3/c24-23(25,26)33-18-5-2-15(3-6-18)29-22(32)14-1-8-21(30-10-9-17(31)13-30)19(11-14)20-7-4-16(12-27)28-20/h1-8,11,17,28,31H,9-10,13H2,(H,29,32)/t17-/m1/s1. The molecule has 0 aliphatic carbocycles. The number of aliphatic hydroxyl groups is 1. The lowest BCUT2D eigenvalue weighted by Crippen LogP contribution is -2.22. The molecule has 1 amide bonds. The monoisotopic (exact) mass is 456 g/mol. The predicted molar refractivity (Wildman–Crippen MR) is 115 cm³/mol. The quantitative estimate of drug-likeness (QED) is 0.532. The lowest BCUT2D eigenvalue weighted by molar-refractivity contribution is -0.274. The topological polar surface area (TPSA) is 101 Å². The van der Waals surface area contributed by atoms with E-state index in [1.807, 2.05) is 11.0 Å². The molecule has 7 nitrogen and oxygen atoms in total. The summed E-state index contributed by atoms with van der Waals surface area (Å²) in [4.78, 5) is 17.8. The highest BCUT2D eigenvalue weighted by atomic mass is 19.4. The van der Waals surface area contributed by atoms with Crippen LogP contribution in [0.4, 0.5) is 24.5 Å². The Morgan fingerprint density at radius 2 is 1.94 bits per heavy atom. The molecule has 4 rings (SSSR count). The van der Waals surface area contributed by atoms with E-state index in [1.165, 1.54) is 12.1 Å². The summed E-state index contributed by atoms with van der Waals surface area (Å²) in [5.74, 6) is -0.846. The van der Waals surface area contributed by atoms with Gasteiger partial charge in [-0.3, -0.25) is 4.79 Å². The van der Waals surface area contributed by atoms with E-state index in [-0.39, 0.29) is 5.75 Å². The maximum atomic E-state index is 12.8. The van der Waals surface area contributed by atoms with Gasteiger partial charge in [-0.05, 0) is 61.0 Å². The number of hydrogen-bond donors (Lipinski definition) is 3. The van der Waals surface area contributed by atoms with Crippen molar-refractivity contribution in [1.29, 1.82) is 5.26 Å². The van der Waals surface area contributed by atoms with E-state index in [9.17, 15) is 23.1 Å². The second kappa shape index (κ2) is 8.88. The van der Waals surface area contributed by atoms with Gasteiger partial charge in [0.25, 0.3) is 5.91 Å². The summed E-state index contributed by atoms with van der Waals surface area (Å²) < 4.78 is 40.8. The van der Waals surface area contributed by atoms with Crippen LogP contribution in [0.15, 0.2) is 54.6 Å². The molecule has 1 fully saturated rings. The van der Waals surface area contributed by atoms with Crippen molar-refractivity contribution in [3.8, 4) is 23.1 Å². The van der Waals surface area contributed by atoms with Crippen LogP contribution in [0.3, 0.4) is 0 Å². The minimum atomic E-state index is -4.79. The summed E-state index contributed by atoms with van der Waals surface area (Å²) >= 11 is 0. The second-order valence-electron chi connectivity index (χ2n) is 7.54. The van der Waals surface area contributed by atoms with E-state index in [2.05, 4.69) is 15.0 Å². The summed E-state index contributed by atoms with van der Waals surface area (Å²) in [6.07, 6.45) is -4.61. The number of ether oxygens (including phenoxy) is 1. The zero-order valence-electron chi connectivity index (χ0n) is 17.2. The molecule has 1 aliphatic heterocycles. The van der Waals surface area contributed by atoms with Gasteiger partial charge in [0.1, 0.15) is 17.5 Å². The maximum Gasteiger partial charge on any atom is 0.573 e. The first kappa shape index (κ1) is 22.2. The average molecular weight is 456 g/mol. The van der Waals surface area contributed by atoms with Crippen LogP contribution in [0.5, 0.6) is 5.75 Å². The number of hydrogen-bond acceptors (Lipinski definition) is 5. The zero-order chi connectivity index (χ0) is 23.6. The highest BCUT2D eigenvalue weighted by Crippen LogP contribution is 2.34. The van der Waals surface area contributed by atoms with E-state index in [0.717, 1.165) is 17.8 Å². The zero-order valence-corrected chi connectivity index (χ0v) is 17.2. The molecule has 1 atom stereocenters. The molecule has 1 saturated heterocycles. The molecule has 0 spiro atoms. The van der Waals surface area contributed by atoms with Crippen LogP contribution >= 0.6 is 0 Å². The first-order valence-electron chi connectivity index (χ1n) is 10.1. The third-order valence-electron chi connectivity index (χ3n) is 5.21. The van der Waals surface area contributed by atoms with Gasteiger partial charge in [0.05, 0.1) is 6.10 Å². The molecule has 3 aromatic rings. The largest absolute Gasteiger partial charge is 0.573 e. The normalized spacial score (nSPS) is 15.8. The number of carbonyl (C=O) groups excluding carboxylic acids is 1. The number of benzene rings is 2. The Hall–Kier alpha value is -3.97. The van der Waals surface area contributed by atoms with Crippen molar-refractivity contribution in [3.05, 3.63) is 65.9 Å². The number of anilines is 2. The molecule has 2 heterocycles. The Kier molecular flexibility index (Phi) is 5.98. The molecule has 0 bridgehead atoms. The molecule has 2 aromatic carbocycles. The van der Waals surface area contributed by atoms with Gasteiger partial charge in [0, 0.05) is 41.3 Å². The van der Waals surface area contributed by atoms with Gasteiger partial charge in [-0.15, -0.1) is 13.2 Å². The van der Waals surface area contributed by atoms with Gasteiger partial charge >= 0.3 is 6.36 Å². The molecule has 3 N–H and O–H groups in total. The van der Waals surface area contributed by atoms with Crippen molar-refractivity contribution in [2.24, 2.45) is 0 Å². The summed E-state index contributed by atoms with van der Waals surface area (Å²) in [6, 6.07) is 15.3. The summed E-state index contributed by atoms with van der Waals surface area (Å²) in [5, 5.41) is 21.7. The third-order valence-corrected chi connectivity index (χ3v) is 5.21.